The van der Waals surface area contributed by atoms with Crippen LogP contribution in [0.5, 0.6) is 11.5 Å². The Morgan fingerprint density at radius 2 is 1.80 bits per heavy atom. The Morgan fingerprint density at radius 1 is 0.971 bits per heavy atom. The molecule has 0 aliphatic carbocycles. The smallest absolute Gasteiger partial charge is 0.251 e. The summed E-state index contributed by atoms with van der Waals surface area (Å²) in [6, 6.07) is 18.4. The van der Waals surface area contributed by atoms with Crippen LogP contribution < -0.4 is 20.1 Å². The highest BCUT2D eigenvalue weighted by atomic mass is 19.1. The van der Waals surface area contributed by atoms with Crippen molar-refractivity contribution in [3.63, 3.8) is 0 Å². The molecule has 2 heterocycles. The summed E-state index contributed by atoms with van der Waals surface area (Å²) in [6.45, 7) is 0.561. The fourth-order valence-corrected chi connectivity index (χ4v) is 3.67. The average molecular weight is 472 g/mol. The fourth-order valence-electron chi connectivity index (χ4n) is 3.67. The lowest BCUT2D eigenvalue weighted by molar-refractivity contribution is -0.115. The molecule has 5 rings (SSSR count). The van der Waals surface area contributed by atoms with Crippen LogP contribution in [0.1, 0.15) is 21.5 Å². The minimum absolute atomic E-state index is 0.0546. The van der Waals surface area contributed by atoms with Gasteiger partial charge in [-0.1, -0.05) is 18.2 Å². The molecule has 2 N–H and O–H groups in total. The Hall–Kier alpha value is -4.66. The summed E-state index contributed by atoms with van der Waals surface area (Å²) in [5.41, 5.74) is 3.23. The number of rotatable bonds is 7. The van der Waals surface area contributed by atoms with Crippen molar-refractivity contribution in [3.05, 3.63) is 102 Å². The quantitative estimate of drug-likeness (QED) is 0.426. The highest BCUT2D eigenvalue weighted by Crippen LogP contribution is 2.32. The lowest BCUT2D eigenvalue weighted by Crippen LogP contribution is -2.22. The van der Waals surface area contributed by atoms with E-state index < -0.39 is 0 Å². The monoisotopic (exact) mass is 472 g/mol. The largest absolute Gasteiger partial charge is 0.454 e. The zero-order valence-corrected chi connectivity index (χ0v) is 18.5. The van der Waals surface area contributed by atoms with Gasteiger partial charge in [0.15, 0.2) is 11.5 Å². The van der Waals surface area contributed by atoms with Gasteiger partial charge < -0.3 is 20.1 Å². The summed E-state index contributed by atoms with van der Waals surface area (Å²) < 4.78 is 25.5. The number of fused-ring (bicyclic) bond motifs is 1. The first-order valence-electron chi connectivity index (χ1n) is 10.9. The van der Waals surface area contributed by atoms with Crippen LogP contribution in [0.2, 0.25) is 0 Å². The number of carbonyl (C=O) groups excluding carboxylic acids is 2. The zero-order chi connectivity index (χ0) is 24.2. The third-order valence-electron chi connectivity index (χ3n) is 5.40. The maximum Gasteiger partial charge on any atom is 0.251 e. The Bertz CT molecular complexity index is 1380. The van der Waals surface area contributed by atoms with Gasteiger partial charge in [0.2, 0.25) is 12.7 Å². The number of aromatic nitrogens is 2. The highest BCUT2D eigenvalue weighted by molar-refractivity contribution is 5.94. The Kier molecular flexibility index (Phi) is 6.13. The highest BCUT2D eigenvalue weighted by Gasteiger charge is 2.14. The van der Waals surface area contributed by atoms with Crippen LogP contribution in [-0.4, -0.2) is 28.4 Å². The summed E-state index contributed by atoms with van der Waals surface area (Å²) in [6.07, 6.45) is 3.24. The number of hydrogen-bond acceptors (Lipinski definition) is 5. The van der Waals surface area contributed by atoms with Crippen LogP contribution in [0, 0.1) is 5.82 Å². The maximum absolute atomic E-state index is 13.3. The third-order valence-corrected chi connectivity index (χ3v) is 5.40. The van der Waals surface area contributed by atoms with Gasteiger partial charge in [-0.15, -0.1) is 0 Å². The molecule has 0 spiro atoms. The Balaban J connectivity index is 1.16. The number of anilines is 1. The molecular formula is C26H21FN4O4. The van der Waals surface area contributed by atoms with Crippen LogP contribution in [-0.2, 0) is 17.8 Å². The molecule has 1 aliphatic heterocycles. The third kappa shape index (κ3) is 5.30. The van der Waals surface area contributed by atoms with Crippen molar-refractivity contribution in [1.29, 1.82) is 0 Å². The Labute approximate surface area is 200 Å². The topological polar surface area (TPSA) is 94.5 Å². The van der Waals surface area contributed by atoms with Gasteiger partial charge in [0.05, 0.1) is 30.2 Å². The predicted molar refractivity (Wildman–Crippen MR) is 126 cm³/mol. The molecule has 35 heavy (non-hydrogen) atoms. The first-order valence-corrected chi connectivity index (χ1v) is 10.9. The fraction of sp³-hybridized carbons (Fsp3) is 0.115. The second-order valence-electron chi connectivity index (χ2n) is 7.95. The van der Waals surface area contributed by atoms with E-state index in [1.165, 1.54) is 18.3 Å². The van der Waals surface area contributed by atoms with Gasteiger partial charge in [0, 0.05) is 12.1 Å². The molecule has 4 aromatic rings. The molecule has 1 aliphatic rings. The SMILES string of the molecule is O=C(Cc1cccc(F)c1)Nc1cnn(-c2ccc(C(=O)NCc3ccc4c(c3)OCO4)cc2)c1. The van der Waals surface area contributed by atoms with Gasteiger partial charge in [-0.25, -0.2) is 9.07 Å². The minimum atomic E-state index is -0.381. The van der Waals surface area contributed by atoms with Crippen molar-refractivity contribution in [1.82, 2.24) is 15.1 Å². The van der Waals surface area contributed by atoms with Gasteiger partial charge >= 0.3 is 0 Å². The van der Waals surface area contributed by atoms with E-state index in [1.807, 2.05) is 18.2 Å². The summed E-state index contributed by atoms with van der Waals surface area (Å²) in [5, 5.41) is 9.90. The van der Waals surface area contributed by atoms with Crippen LogP contribution in [0.4, 0.5) is 10.1 Å². The molecule has 0 bridgehead atoms. The number of hydrogen-bond donors (Lipinski definition) is 2. The van der Waals surface area contributed by atoms with E-state index >= 15 is 0 Å². The molecule has 2 amide bonds. The number of benzene rings is 3. The van der Waals surface area contributed by atoms with Crippen molar-refractivity contribution in [2.75, 3.05) is 12.1 Å². The second kappa shape index (κ2) is 9.68. The molecule has 0 fully saturated rings. The van der Waals surface area contributed by atoms with Gasteiger partial charge in [-0.3, -0.25) is 9.59 Å². The first kappa shape index (κ1) is 22.1. The lowest BCUT2D eigenvalue weighted by Gasteiger charge is -2.07. The van der Waals surface area contributed by atoms with E-state index in [-0.39, 0.29) is 30.8 Å². The lowest BCUT2D eigenvalue weighted by atomic mass is 10.1. The van der Waals surface area contributed by atoms with E-state index in [1.54, 1.807) is 47.3 Å². The van der Waals surface area contributed by atoms with E-state index in [9.17, 15) is 14.0 Å². The number of nitrogens with zero attached hydrogens (tertiary/aromatic N) is 2. The number of amides is 2. The molecular weight excluding hydrogens is 451 g/mol. The average Bonchev–Trinajstić information content (AvgIpc) is 3.52. The summed E-state index contributed by atoms with van der Waals surface area (Å²) in [7, 11) is 0. The van der Waals surface area contributed by atoms with E-state index in [0.29, 0.717) is 34.9 Å². The van der Waals surface area contributed by atoms with Crippen molar-refractivity contribution in [2.24, 2.45) is 0 Å². The van der Waals surface area contributed by atoms with Gasteiger partial charge in [-0.05, 0) is 59.7 Å². The van der Waals surface area contributed by atoms with Crippen molar-refractivity contribution < 1.29 is 23.5 Å². The molecule has 1 aromatic heterocycles. The molecule has 176 valence electrons. The molecule has 0 unspecified atom stereocenters. The normalized spacial score (nSPS) is 11.8. The molecule has 3 aromatic carbocycles. The standard InChI is InChI=1S/C26H21FN4O4/c27-20-3-1-2-17(10-20)12-25(32)30-21-14-29-31(15-21)22-7-5-19(6-8-22)26(33)28-13-18-4-9-23-24(11-18)35-16-34-23/h1-11,14-15H,12-13,16H2,(H,28,33)(H,30,32). The van der Waals surface area contributed by atoms with E-state index in [0.717, 1.165) is 11.3 Å². The van der Waals surface area contributed by atoms with E-state index in [2.05, 4.69) is 15.7 Å². The number of nitrogens with one attached hydrogen (secondary N) is 2. The van der Waals surface area contributed by atoms with Crippen molar-refractivity contribution in [3.8, 4) is 17.2 Å². The van der Waals surface area contributed by atoms with Gasteiger partial charge in [-0.2, -0.15) is 5.10 Å². The summed E-state index contributed by atoms with van der Waals surface area (Å²) in [4.78, 5) is 24.8. The van der Waals surface area contributed by atoms with E-state index in [4.69, 9.17) is 9.47 Å². The van der Waals surface area contributed by atoms with Crippen molar-refractivity contribution >= 4 is 17.5 Å². The number of carbonyl (C=O) groups is 2. The molecule has 0 radical (unpaired) electrons. The number of ether oxygens (including phenoxy) is 2. The van der Waals surface area contributed by atoms with Crippen molar-refractivity contribution in [2.45, 2.75) is 13.0 Å². The molecule has 0 saturated heterocycles. The number of halogens is 1. The molecule has 0 atom stereocenters. The maximum atomic E-state index is 13.3. The van der Waals surface area contributed by atoms with Crippen LogP contribution in [0.25, 0.3) is 5.69 Å². The second-order valence-corrected chi connectivity index (χ2v) is 7.95. The van der Waals surface area contributed by atoms with Crippen LogP contribution in [0.15, 0.2) is 79.1 Å². The predicted octanol–water partition coefficient (Wildman–Crippen LogP) is 3.85. The van der Waals surface area contributed by atoms with Crippen LogP contribution in [0.3, 0.4) is 0 Å². The minimum Gasteiger partial charge on any atom is -0.454 e. The summed E-state index contributed by atoms with van der Waals surface area (Å²) in [5.74, 6) is 0.506. The summed E-state index contributed by atoms with van der Waals surface area (Å²) >= 11 is 0. The molecule has 0 saturated carbocycles. The zero-order valence-electron chi connectivity index (χ0n) is 18.5. The molecule has 9 heteroatoms. The molecule has 8 nitrogen and oxygen atoms in total. The first-order chi connectivity index (χ1) is 17.0. The van der Waals surface area contributed by atoms with Crippen LogP contribution >= 0.6 is 0 Å². The van der Waals surface area contributed by atoms with Gasteiger partial charge in [0.1, 0.15) is 5.82 Å². The van der Waals surface area contributed by atoms with Gasteiger partial charge in [0.25, 0.3) is 5.91 Å². The Morgan fingerprint density at radius 3 is 2.63 bits per heavy atom.